The van der Waals surface area contributed by atoms with Crippen molar-refractivity contribution < 1.29 is 4.74 Å². The summed E-state index contributed by atoms with van der Waals surface area (Å²) in [5.41, 5.74) is 0. The minimum absolute atomic E-state index is 0.263. The molecule has 3 nitrogen and oxygen atoms in total. The van der Waals surface area contributed by atoms with Crippen molar-refractivity contribution in [1.29, 1.82) is 0 Å². The first kappa shape index (κ1) is 9.93. The highest BCUT2D eigenvalue weighted by molar-refractivity contribution is 9.10. The predicted molar refractivity (Wildman–Crippen MR) is 58.4 cm³/mol. The van der Waals surface area contributed by atoms with Crippen LogP contribution < -0.4 is 10.1 Å². The molecule has 2 atom stereocenters. The molecule has 0 saturated carbocycles. The maximum atomic E-state index is 5.71. The summed E-state index contributed by atoms with van der Waals surface area (Å²) in [6, 6.07) is 4.37. The Hall–Kier alpha value is -0.610. The van der Waals surface area contributed by atoms with Gasteiger partial charge in [0.25, 0.3) is 0 Å². The molecule has 0 aromatic carbocycles. The van der Waals surface area contributed by atoms with E-state index in [1.165, 1.54) is 0 Å². The number of ether oxygens (including phenoxy) is 1. The van der Waals surface area contributed by atoms with Gasteiger partial charge in [0.2, 0.25) is 5.88 Å². The molecule has 2 rings (SSSR count). The second kappa shape index (κ2) is 4.28. The molecule has 1 aromatic heterocycles. The third-order valence-corrected chi connectivity index (χ3v) is 2.77. The lowest BCUT2D eigenvalue weighted by atomic mass is 10.2. The van der Waals surface area contributed by atoms with Gasteiger partial charge < -0.3 is 10.1 Å². The van der Waals surface area contributed by atoms with Crippen LogP contribution in [-0.2, 0) is 0 Å². The van der Waals surface area contributed by atoms with Crippen molar-refractivity contribution >= 4 is 15.9 Å². The van der Waals surface area contributed by atoms with Gasteiger partial charge >= 0.3 is 0 Å². The molecule has 76 valence electrons. The zero-order chi connectivity index (χ0) is 9.97. The van der Waals surface area contributed by atoms with E-state index in [-0.39, 0.29) is 6.10 Å². The van der Waals surface area contributed by atoms with Gasteiger partial charge in [-0.3, -0.25) is 0 Å². The third-order valence-electron chi connectivity index (χ3n) is 2.30. The van der Waals surface area contributed by atoms with Crippen molar-refractivity contribution in [2.75, 3.05) is 6.54 Å². The highest BCUT2D eigenvalue weighted by atomic mass is 79.9. The van der Waals surface area contributed by atoms with Crippen molar-refractivity contribution in [2.24, 2.45) is 0 Å². The van der Waals surface area contributed by atoms with Crippen LogP contribution in [0.3, 0.4) is 0 Å². The van der Waals surface area contributed by atoms with Gasteiger partial charge in [-0.1, -0.05) is 0 Å². The summed E-state index contributed by atoms with van der Waals surface area (Å²) in [7, 11) is 0. The van der Waals surface area contributed by atoms with E-state index in [1.54, 1.807) is 6.20 Å². The Bertz CT molecular complexity index is 301. The van der Waals surface area contributed by atoms with Gasteiger partial charge in [-0.05, 0) is 28.9 Å². The zero-order valence-corrected chi connectivity index (χ0v) is 9.62. The summed E-state index contributed by atoms with van der Waals surface area (Å²) >= 11 is 3.34. The highest BCUT2D eigenvalue weighted by Crippen LogP contribution is 2.16. The summed E-state index contributed by atoms with van der Waals surface area (Å²) in [4.78, 5) is 4.17. The normalized spacial score (nSPS) is 26.4. The van der Waals surface area contributed by atoms with Crippen LogP contribution in [0.25, 0.3) is 0 Å². The van der Waals surface area contributed by atoms with Gasteiger partial charge in [0.1, 0.15) is 6.10 Å². The highest BCUT2D eigenvalue weighted by Gasteiger charge is 2.22. The minimum Gasteiger partial charge on any atom is -0.473 e. The average molecular weight is 257 g/mol. The van der Waals surface area contributed by atoms with Crippen LogP contribution in [-0.4, -0.2) is 23.7 Å². The molecule has 1 fully saturated rings. The lowest BCUT2D eigenvalue weighted by Gasteiger charge is -2.11. The van der Waals surface area contributed by atoms with Crippen molar-refractivity contribution in [3.8, 4) is 5.88 Å². The van der Waals surface area contributed by atoms with Crippen LogP contribution in [0.1, 0.15) is 13.3 Å². The fourth-order valence-electron chi connectivity index (χ4n) is 1.59. The van der Waals surface area contributed by atoms with E-state index in [0.717, 1.165) is 17.4 Å². The van der Waals surface area contributed by atoms with E-state index in [0.29, 0.717) is 11.9 Å². The van der Waals surface area contributed by atoms with Crippen LogP contribution >= 0.6 is 15.9 Å². The number of rotatable bonds is 2. The van der Waals surface area contributed by atoms with Crippen LogP contribution in [0, 0.1) is 0 Å². The molecule has 0 unspecified atom stereocenters. The Morgan fingerprint density at radius 2 is 2.43 bits per heavy atom. The van der Waals surface area contributed by atoms with Gasteiger partial charge in [0, 0.05) is 35.7 Å². The quantitative estimate of drug-likeness (QED) is 0.879. The smallest absolute Gasteiger partial charge is 0.213 e. The Labute approximate surface area is 92.0 Å². The second-order valence-electron chi connectivity index (χ2n) is 3.60. The Kier molecular flexibility index (Phi) is 3.03. The number of nitrogens with zero attached hydrogens (tertiary/aromatic N) is 1. The first-order valence-electron chi connectivity index (χ1n) is 4.75. The van der Waals surface area contributed by atoms with E-state index < -0.39 is 0 Å². The van der Waals surface area contributed by atoms with Crippen LogP contribution in [0.4, 0.5) is 0 Å². The van der Waals surface area contributed by atoms with Crippen LogP contribution in [0.5, 0.6) is 5.88 Å². The predicted octanol–water partition coefficient (Wildman–Crippen LogP) is 1.97. The van der Waals surface area contributed by atoms with Gasteiger partial charge in [-0.15, -0.1) is 0 Å². The maximum absolute atomic E-state index is 5.71. The lowest BCUT2D eigenvalue weighted by Crippen LogP contribution is -2.20. The molecule has 2 heterocycles. The third kappa shape index (κ3) is 2.45. The topological polar surface area (TPSA) is 34.1 Å². The molecule has 0 radical (unpaired) electrons. The Balaban J connectivity index is 1.94. The molecule has 14 heavy (non-hydrogen) atoms. The summed E-state index contributed by atoms with van der Waals surface area (Å²) < 4.78 is 6.68. The van der Waals surface area contributed by atoms with E-state index in [1.807, 2.05) is 12.1 Å². The van der Waals surface area contributed by atoms with E-state index in [4.69, 9.17) is 4.74 Å². The number of nitrogens with one attached hydrogen (secondary N) is 1. The number of aromatic nitrogens is 1. The van der Waals surface area contributed by atoms with Crippen molar-refractivity contribution in [2.45, 2.75) is 25.5 Å². The molecule has 1 N–H and O–H groups in total. The summed E-state index contributed by atoms with van der Waals surface area (Å²) in [5, 5.41) is 3.34. The van der Waals surface area contributed by atoms with Crippen molar-refractivity contribution in [1.82, 2.24) is 10.3 Å². The molecule has 0 bridgehead atoms. The SMILES string of the molecule is C[C@H]1C[C@@H](Oc2ccc(Br)cn2)CN1. The second-order valence-corrected chi connectivity index (χ2v) is 4.52. The molecular formula is C10H13BrN2O. The van der Waals surface area contributed by atoms with E-state index in [2.05, 4.69) is 33.2 Å². The Morgan fingerprint density at radius 3 is 3.00 bits per heavy atom. The van der Waals surface area contributed by atoms with Crippen molar-refractivity contribution in [3.05, 3.63) is 22.8 Å². The molecule has 1 aliphatic heterocycles. The molecule has 0 amide bonds. The largest absolute Gasteiger partial charge is 0.473 e. The van der Waals surface area contributed by atoms with Gasteiger partial charge in [0.05, 0.1) is 0 Å². The Morgan fingerprint density at radius 1 is 1.57 bits per heavy atom. The zero-order valence-electron chi connectivity index (χ0n) is 8.03. The van der Waals surface area contributed by atoms with Gasteiger partial charge in [-0.25, -0.2) is 4.98 Å². The average Bonchev–Trinajstić information content (AvgIpc) is 2.56. The summed E-state index contributed by atoms with van der Waals surface area (Å²) in [6.45, 7) is 3.08. The summed E-state index contributed by atoms with van der Waals surface area (Å²) in [5.74, 6) is 0.703. The molecule has 0 aliphatic carbocycles. The maximum Gasteiger partial charge on any atom is 0.213 e. The first-order valence-corrected chi connectivity index (χ1v) is 5.55. The lowest BCUT2D eigenvalue weighted by molar-refractivity contribution is 0.211. The molecule has 4 heteroatoms. The standard InChI is InChI=1S/C10H13BrN2O/c1-7-4-9(6-12-7)14-10-3-2-8(11)5-13-10/h2-3,5,7,9,12H,4,6H2,1H3/t7-,9+/m0/s1. The van der Waals surface area contributed by atoms with Crippen LogP contribution in [0.15, 0.2) is 22.8 Å². The molecule has 1 aliphatic rings. The monoisotopic (exact) mass is 256 g/mol. The number of halogens is 1. The minimum atomic E-state index is 0.263. The molecule has 1 aromatic rings. The number of pyridine rings is 1. The van der Waals surface area contributed by atoms with Gasteiger partial charge in [0.15, 0.2) is 0 Å². The van der Waals surface area contributed by atoms with E-state index >= 15 is 0 Å². The first-order chi connectivity index (χ1) is 6.74. The molecule has 1 saturated heterocycles. The summed E-state index contributed by atoms with van der Waals surface area (Å²) in [6.07, 6.45) is 3.07. The molecular weight excluding hydrogens is 244 g/mol. The molecule has 0 spiro atoms. The number of hydrogen-bond donors (Lipinski definition) is 1. The van der Waals surface area contributed by atoms with Crippen molar-refractivity contribution in [3.63, 3.8) is 0 Å². The fourth-order valence-corrected chi connectivity index (χ4v) is 1.82. The fraction of sp³-hybridized carbons (Fsp3) is 0.500. The number of hydrogen-bond acceptors (Lipinski definition) is 3. The van der Waals surface area contributed by atoms with Crippen LogP contribution in [0.2, 0.25) is 0 Å². The van der Waals surface area contributed by atoms with Gasteiger partial charge in [-0.2, -0.15) is 0 Å². The van der Waals surface area contributed by atoms with E-state index in [9.17, 15) is 0 Å².